The Bertz CT molecular complexity index is 146. The molecule has 0 heterocycles. The third kappa shape index (κ3) is 3.13. The van der Waals surface area contributed by atoms with E-state index in [-0.39, 0.29) is 11.9 Å². The second-order valence-corrected chi connectivity index (χ2v) is 2.05. The molecule has 1 amide bonds. The first-order valence-electron chi connectivity index (χ1n) is 3.50. The van der Waals surface area contributed by atoms with Gasteiger partial charge < -0.3 is 5.32 Å². The lowest BCUT2D eigenvalue weighted by Gasteiger charge is -2.08. The predicted octanol–water partition coefficient (Wildman–Crippen LogP) is 0.924. The summed E-state index contributed by atoms with van der Waals surface area (Å²) in [4.78, 5) is 10.7. The molecular weight excluding hydrogens is 126 g/mol. The monoisotopic (exact) mass is 139 g/mol. The lowest BCUT2D eigenvalue weighted by molar-refractivity contribution is -0.121. The molecular formula is C8H13NO. The smallest absolute Gasteiger partial charge is 0.220 e. The molecule has 0 saturated carbocycles. The topological polar surface area (TPSA) is 29.1 Å². The molecule has 0 aliphatic rings. The molecule has 0 aromatic heterocycles. The zero-order valence-corrected chi connectivity index (χ0v) is 6.48. The van der Waals surface area contributed by atoms with Crippen LogP contribution in [0.5, 0.6) is 0 Å². The Balaban J connectivity index is 3.66. The minimum Gasteiger partial charge on any atom is -0.342 e. The van der Waals surface area contributed by atoms with Crippen LogP contribution in [0.3, 0.4) is 0 Å². The van der Waals surface area contributed by atoms with Gasteiger partial charge in [0, 0.05) is 6.42 Å². The van der Waals surface area contributed by atoms with Gasteiger partial charge in [-0.3, -0.25) is 4.79 Å². The second-order valence-electron chi connectivity index (χ2n) is 2.05. The van der Waals surface area contributed by atoms with Crippen LogP contribution in [0, 0.1) is 12.3 Å². The molecule has 0 rings (SSSR count). The molecule has 0 aromatic rings. The number of nitrogens with one attached hydrogen (secondary N) is 1. The molecule has 0 bridgehead atoms. The first-order chi connectivity index (χ1) is 4.74. The Hall–Kier alpha value is -0.970. The molecule has 0 radical (unpaired) electrons. The van der Waals surface area contributed by atoms with Crippen molar-refractivity contribution in [3.05, 3.63) is 0 Å². The third-order valence-corrected chi connectivity index (χ3v) is 1.27. The van der Waals surface area contributed by atoms with Crippen molar-refractivity contribution in [2.75, 3.05) is 0 Å². The molecule has 2 heteroatoms. The van der Waals surface area contributed by atoms with Crippen LogP contribution in [0.25, 0.3) is 0 Å². The number of terminal acetylenes is 1. The molecule has 10 heavy (non-hydrogen) atoms. The summed E-state index contributed by atoms with van der Waals surface area (Å²) in [5, 5.41) is 2.69. The molecule has 0 fully saturated rings. The Kier molecular flexibility index (Phi) is 4.39. The highest BCUT2D eigenvalue weighted by Crippen LogP contribution is 1.88. The second kappa shape index (κ2) is 4.87. The van der Waals surface area contributed by atoms with Crippen LogP contribution in [0.1, 0.15) is 26.7 Å². The summed E-state index contributed by atoms with van der Waals surface area (Å²) < 4.78 is 0. The van der Waals surface area contributed by atoms with E-state index in [1.165, 1.54) is 0 Å². The first-order valence-corrected chi connectivity index (χ1v) is 3.50. The molecule has 0 aromatic carbocycles. The number of rotatable bonds is 3. The van der Waals surface area contributed by atoms with Crippen LogP contribution in [-0.4, -0.2) is 11.9 Å². The Labute approximate surface area is 62.0 Å². The van der Waals surface area contributed by atoms with Crippen molar-refractivity contribution in [3.63, 3.8) is 0 Å². The molecule has 0 saturated heterocycles. The van der Waals surface area contributed by atoms with E-state index in [1.807, 2.05) is 6.92 Å². The van der Waals surface area contributed by atoms with Crippen molar-refractivity contribution in [2.45, 2.75) is 32.7 Å². The normalized spacial score (nSPS) is 11.7. The number of carbonyl (C=O) groups is 1. The summed E-state index contributed by atoms with van der Waals surface area (Å²) >= 11 is 0. The van der Waals surface area contributed by atoms with Crippen molar-refractivity contribution < 1.29 is 4.79 Å². The highest BCUT2D eigenvalue weighted by atomic mass is 16.1. The van der Waals surface area contributed by atoms with Crippen LogP contribution in [-0.2, 0) is 4.79 Å². The predicted molar refractivity (Wildman–Crippen MR) is 41.3 cm³/mol. The first kappa shape index (κ1) is 9.03. The molecule has 2 nitrogen and oxygen atoms in total. The molecule has 0 aliphatic carbocycles. The van der Waals surface area contributed by atoms with Gasteiger partial charge in [-0.25, -0.2) is 0 Å². The van der Waals surface area contributed by atoms with Gasteiger partial charge in [-0.05, 0) is 6.42 Å². The van der Waals surface area contributed by atoms with Gasteiger partial charge >= 0.3 is 0 Å². The van der Waals surface area contributed by atoms with Gasteiger partial charge in [0.25, 0.3) is 0 Å². The van der Waals surface area contributed by atoms with Gasteiger partial charge in [0.05, 0.1) is 6.04 Å². The van der Waals surface area contributed by atoms with Gasteiger partial charge in [-0.1, -0.05) is 19.8 Å². The van der Waals surface area contributed by atoms with Crippen molar-refractivity contribution in [3.8, 4) is 12.3 Å². The van der Waals surface area contributed by atoms with Gasteiger partial charge in [-0.15, -0.1) is 6.42 Å². The van der Waals surface area contributed by atoms with Crippen LogP contribution in [0.2, 0.25) is 0 Å². The van der Waals surface area contributed by atoms with Crippen LogP contribution in [0.15, 0.2) is 0 Å². The molecule has 56 valence electrons. The number of hydrogen-bond acceptors (Lipinski definition) is 1. The molecule has 1 atom stereocenters. The maximum Gasteiger partial charge on any atom is 0.220 e. The fourth-order valence-electron chi connectivity index (χ4n) is 0.558. The van der Waals surface area contributed by atoms with Crippen LogP contribution >= 0.6 is 0 Å². The molecule has 0 spiro atoms. The fourth-order valence-corrected chi connectivity index (χ4v) is 0.558. The van der Waals surface area contributed by atoms with Crippen molar-refractivity contribution in [1.82, 2.24) is 5.32 Å². The van der Waals surface area contributed by atoms with E-state index in [9.17, 15) is 4.79 Å². The summed E-state index contributed by atoms with van der Waals surface area (Å²) in [6.07, 6.45) is 6.41. The Morgan fingerprint density at radius 3 is 2.60 bits per heavy atom. The molecule has 1 unspecified atom stereocenters. The third-order valence-electron chi connectivity index (χ3n) is 1.27. The van der Waals surface area contributed by atoms with Crippen LogP contribution < -0.4 is 5.32 Å². The summed E-state index contributed by atoms with van der Waals surface area (Å²) in [5.41, 5.74) is 0. The molecule has 0 aliphatic heterocycles. The van der Waals surface area contributed by atoms with Gasteiger partial charge in [0.1, 0.15) is 0 Å². The van der Waals surface area contributed by atoms with E-state index in [1.54, 1.807) is 6.92 Å². The van der Waals surface area contributed by atoms with E-state index >= 15 is 0 Å². The lowest BCUT2D eigenvalue weighted by atomic mass is 10.2. The minimum atomic E-state index is -0.0903. The van der Waals surface area contributed by atoms with Gasteiger partial charge in [0.15, 0.2) is 0 Å². The maximum absolute atomic E-state index is 10.7. The Morgan fingerprint density at radius 2 is 2.30 bits per heavy atom. The highest BCUT2D eigenvalue weighted by molar-refractivity contribution is 5.76. The van der Waals surface area contributed by atoms with E-state index in [2.05, 4.69) is 11.2 Å². The summed E-state index contributed by atoms with van der Waals surface area (Å²) in [6.45, 7) is 3.75. The molecule has 1 N–H and O–H groups in total. The van der Waals surface area contributed by atoms with Gasteiger partial charge in [-0.2, -0.15) is 0 Å². The lowest BCUT2D eigenvalue weighted by Crippen LogP contribution is -2.32. The SMILES string of the molecule is C#CC(CC)NC(=O)CC. The van der Waals surface area contributed by atoms with Crippen LogP contribution in [0.4, 0.5) is 0 Å². The largest absolute Gasteiger partial charge is 0.342 e. The van der Waals surface area contributed by atoms with E-state index in [0.717, 1.165) is 6.42 Å². The summed E-state index contributed by atoms with van der Waals surface area (Å²) in [7, 11) is 0. The summed E-state index contributed by atoms with van der Waals surface area (Å²) in [6, 6.07) is -0.0903. The van der Waals surface area contributed by atoms with Gasteiger partial charge in [0.2, 0.25) is 5.91 Å². The highest BCUT2D eigenvalue weighted by Gasteiger charge is 2.03. The fraction of sp³-hybridized carbons (Fsp3) is 0.625. The standard InChI is InChI=1S/C8H13NO/c1-4-7(5-2)9-8(10)6-3/h1,7H,5-6H2,2-3H3,(H,9,10). The zero-order chi connectivity index (χ0) is 7.98. The quantitative estimate of drug-likeness (QED) is 0.579. The van der Waals surface area contributed by atoms with E-state index < -0.39 is 0 Å². The van der Waals surface area contributed by atoms with Crippen molar-refractivity contribution >= 4 is 5.91 Å². The van der Waals surface area contributed by atoms with E-state index in [0.29, 0.717) is 6.42 Å². The zero-order valence-electron chi connectivity index (χ0n) is 6.48. The number of carbonyl (C=O) groups excluding carboxylic acids is 1. The average molecular weight is 139 g/mol. The van der Waals surface area contributed by atoms with Crippen molar-refractivity contribution in [1.29, 1.82) is 0 Å². The number of hydrogen-bond donors (Lipinski definition) is 1. The number of amides is 1. The maximum atomic E-state index is 10.7. The minimum absolute atomic E-state index is 0.0183. The summed E-state index contributed by atoms with van der Waals surface area (Å²) in [5.74, 6) is 2.50. The van der Waals surface area contributed by atoms with E-state index in [4.69, 9.17) is 6.42 Å². The van der Waals surface area contributed by atoms with Crippen molar-refractivity contribution in [2.24, 2.45) is 0 Å². The average Bonchev–Trinajstić information content (AvgIpc) is 1.99. The Morgan fingerprint density at radius 1 is 1.70 bits per heavy atom.